The van der Waals surface area contributed by atoms with Crippen LogP contribution >= 0.6 is 11.6 Å². The van der Waals surface area contributed by atoms with Crippen LogP contribution in [0.3, 0.4) is 0 Å². The number of hydrogen-bond donors (Lipinski definition) is 1. The minimum Gasteiger partial charge on any atom is -0.452 e. The number of hydrogen-bond acceptors (Lipinski definition) is 2. The van der Waals surface area contributed by atoms with E-state index < -0.39 is 0 Å². The van der Waals surface area contributed by atoms with E-state index in [1.807, 2.05) is 32.9 Å². The molecular weight excluding hydrogens is 250 g/mol. The molecule has 2 rings (SSSR count). The zero-order chi connectivity index (χ0) is 13.3. The van der Waals surface area contributed by atoms with Gasteiger partial charge >= 0.3 is 0 Å². The Labute approximate surface area is 111 Å². The van der Waals surface area contributed by atoms with Gasteiger partial charge in [-0.25, -0.2) is 0 Å². The third-order valence-corrected chi connectivity index (χ3v) is 3.07. The number of benzene rings is 1. The van der Waals surface area contributed by atoms with Gasteiger partial charge in [-0.15, -0.1) is 0 Å². The topological polar surface area (TPSA) is 42.2 Å². The zero-order valence-corrected chi connectivity index (χ0v) is 11.3. The van der Waals surface area contributed by atoms with E-state index in [1.165, 1.54) is 11.8 Å². The average Bonchev–Trinajstić information content (AvgIpc) is 2.69. The minimum atomic E-state index is -0.260. The standard InChI is InChI=1S/C14H14ClNO2/c1-8-6-9(2)12(10(3)7-8)16-14(17)11-4-5-18-13(11)15/h4-7H,1-3H3,(H,16,17). The number of aryl methyl sites for hydroxylation is 3. The summed E-state index contributed by atoms with van der Waals surface area (Å²) in [6.45, 7) is 5.96. The summed E-state index contributed by atoms with van der Waals surface area (Å²) in [5, 5.41) is 2.97. The number of rotatable bonds is 2. The predicted octanol–water partition coefficient (Wildman–Crippen LogP) is 4.11. The van der Waals surface area contributed by atoms with Crippen molar-refractivity contribution < 1.29 is 9.21 Å². The summed E-state index contributed by atoms with van der Waals surface area (Å²) in [6, 6.07) is 5.61. The zero-order valence-electron chi connectivity index (χ0n) is 10.5. The summed E-state index contributed by atoms with van der Waals surface area (Å²) in [6.07, 6.45) is 1.39. The van der Waals surface area contributed by atoms with E-state index in [2.05, 4.69) is 5.32 Å². The predicted molar refractivity (Wildman–Crippen MR) is 72.3 cm³/mol. The second kappa shape index (κ2) is 4.86. The Bertz CT molecular complexity index is 579. The van der Waals surface area contributed by atoms with E-state index in [-0.39, 0.29) is 11.1 Å². The molecule has 0 aliphatic rings. The SMILES string of the molecule is Cc1cc(C)c(NC(=O)c2ccoc2Cl)c(C)c1. The molecular formula is C14H14ClNO2. The lowest BCUT2D eigenvalue weighted by Gasteiger charge is -2.12. The first kappa shape index (κ1) is 12.7. The first-order chi connectivity index (χ1) is 8.49. The van der Waals surface area contributed by atoms with Crippen LogP contribution in [0.1, 0.15) is 27.0 Å². The van der Waals surface area contributed by atoms with E-state index in [9.17, 15) is 4.79 Å². The van der Waals surface area contributed by atoms with Crippen LogP contribution in [0.2, 0.25) is 5.22 Å². The molecule has 1 heterocycles. The van der Waals surface area contributed by atoms with Crippen LogP contribution in [0.5, 0.6) is 0 Å². The van der Waals surface area contributed by atoms with E-state index >= 15 is 0 Å². The van der Waals surface area contributed by atoms with Gasteiger partial charge in [0.2, 0.25) is 5.22 Å². The summed E-state index contributed by atoms with van der Waals surface area (Å²) in [4.78, 5) is 12.0. The highest BCUT2D eigenvalue weighted by atomic mass is 35.5. The lowest BCUT2D eigenvalue weighted by atomic mass is 10.0. The van der Waals surface area contributed by atoms with Gasteiger partial charge in [-0.1, -0.05) is 17.7 Å². The van der Waals surface area contributed by atoms with E-state index in [0.717, 1.165) is 16.8 Å². The van der Waals surface area contributed by atoms with Gasteiger partial charge in [-0.2, -0.15) is 0 Å². The van der Waals surface area contributed by atoms with Crippen molar-refractivity contribution >= 4 is 23.2 Å². The number of amides is 1. The monoisotopic (exact) mass is 263 g/mol. The fourth-order valence-corrected chi connectivity index (χ4v) is 2.21. The molecule has 0 atom stereocenters. The molecule has 1 N–H and O–H groups in total. The summed E-state index contributed by atoms with van der Waals surface area (Å²) in [7, 11) is 0. The van der Waals surface area contributed by atoms with Gasteiger partial charge in [0.15, 0.2) is 0 Å². The first-order valence-electron chi connectivity index (χ1n) is 5.61. The summed E-state index contributed by atoms with van der Waals surface area (Å²) < 4.78 is 4.91. The maximum atomic E-state index is 12.0. The normalized spacial score (nSPS) is 10.4. The second-order valence-electron chi connectivity index (χ2n) is 4.34. The highest BCUT2D eigenvalue weighted by Crippen LogP contribution is 2.24. The van der Waals surface area contributed by atoms with Crippen molar-refractivity contribution in [2.24, 2.45) is 0 Å². The second-order valence-corrected chi connectivity index (χ2v) is 4.68. The Morgan fingerprint density at radius 3 is 2.33 bits per heavy atom. The minimum absolute atomic E-state index is 0.106. The number of anilines is 1. The molecule has 0 aliphatic carbocycles. The Morgan fingerprint density at radius 2 is 1.83 bits per heavy atom. The van der Waals surface area contributed by atoms with E-state index in [4.69, 9.17) is 16.0 Å². The maximum absolute atomic E-state index is 12.0. The highest BCUT2D eigenvalue weighted by Gasteiger charge is 2.15. The van der Waals surface area contributed by atoms with Crippen molar-refractivity contribution in [1.29, 1.82) is 0 Å². The van der Waals surface area contributed by atoms with Crippen molar-refractivity contribution in [2.45, 2.75) is 20.8 Å². The molecule has 0 saturated heterocycles. The van der Waals surface area contributed by atoms with Gasteiger partial charge in [0.1, 0.15) is 0 Å². The molecule has 0 fully saturated rings. The van der Waals surface area contributed by atoms with Gasteiger partial charge in [0.25, 0.3) is 5.91 Å². The average molecular weight is 264 g/mol. The van der Waals surface area contributed by atoms with Crippen LogP contribution in [0, 0.1) is 20.8 Å². The van der Waals surface area contributed by atoms with Gasteiger partial charge in [-0.05, 0) is 49.6 Å². The Morgan fingerprint density at radius 1 is 1.22 bits per heavy atom. The third kappa shape index (κ3) is 2.41. The van der Waals surface area contributed by atoms with Crippen LogP contribution < -0.4 is 5.32 Å². The smallest absolute Gasteiger partial charge is 0.260 e. The molecule has 1 aromatic heterocycles. The fourth-order valence-electron chi connectivity index (χ4n) is 2.01. The van der Waals surface area contributed by atoms with Crippen molar-refractivity contribution in [3.8, 4) is 0 Å². The Hall–Kier alpha value is -1.74. The molecule has 0 bridgehead atoms. The van der Waals surface area contributed by atoms with Crippen LogP contribution in [-0.4, -0.2) is 5.91 Å². The summed E-state index contributed by atoms with van der Waals surface area (Å²) >= 11 is 5.78. The molecule has 4 heteroatoms. The summed E-state index contributed by atoms with van der Waals surface area (Å²) in [5.41, 5.74) is 4.39. The Kier molecular flexibility index (Phi) is 3.43. The number of nitrogens with one attached hydrogen (secondary N) is 1. The molecule has 1 amide bonds. The fraction of sp³-hybridized carbons (Fsp3) is 0.214. The van der Waals surface area contributed by atoms with Crippen molar-refractivity contribution in [1.82, 2.24) is 0 Å². The quantitative estimate of drug-likeness (QED) is 0.886. The van der Waals surface area contributed by atoms with Crippen LogP contribution in [0.25, 0.3) is 0 Å². The van der Waals surface area contributed by atoms with Gasteiger partial charge in [0, 0.05) is 5.69 Å². The van der Waals surface area contributed by atoms with Crippen molar-refractivity contribution in [3.05, 3.63) is 51.9 Å². The van der Waals surface area contributed by atoms with Crippen molar-refractivity contribution in [2.75, 3.05) is 5.32 Å². The molecule has 0 aliphatic heterocycles. The molecule has 3 nitrogen and oxygen atoms in total. The van der Waals surface area contributed by atoms with Crippen LogP contribution in [0.15, 0.2) is 28.9 Å². The number of carbonyl (C=O) groups is 1. The summed E-state index contributed by atoms with van der Waals surface area (Å²) in [5.74, 6) is -0.260. The number of halogens is 1. The number of carbonyl (C=O) groups excluding carboxylic acids is 1. The third-order valence-electron chi connectivity index (χ3n) is 2.78. The first-order valence-corrected chi connectivity index (χ1v) is 5.99. The maximum Gasteiger partial charge on any atom is 0.260 e. The molecule has 0 saturated carbocycles. The molecule has 18 heavy (non-hydrogen) atoms. The molecule has 0 radical (unpaired) electrons. The highest BCUT2D eigenvalue weighted by molar-refractivity contribution is 6.32. The van der Waals surface area contributed by atoms with Crippen LogP contribution in [-0.2, 0) is 0 Å². The van der Waals surface area contributed by atoms with E-state index in [0.29, 0.717) is 5.56 Å². The van der Waals surface area contributed by atoms with Gasteiger partial charge in [0.05, 0.1) is 11.8 Å². The van der Waals surface area contributed by atoms with E-state index in [1.54, 1.807) is 6.07 Å². The lowest BCUT2D eigenvalue weighted by molar-refractivity contribution is 0.102. The van der Waals surface area contributed by atoms with Crippen LogP contribution in [0.4, 0.5) is 5.69 Å². The molecule has 0 spiro atoms. The van der Waals surface area contributed by atoms with Gasteiger partial charge < -0.3 is 9.73 Å². The number of furan rings is 1. The lowest BCUT2D eigenvalue weighted by Crippen LogP contribution is -2.13. The van der Waals surface area contributed by atoms with Crippen molar-refractivity contribution in [3.63, 3.8) is 0 Å². The molecule has 0 unspecified atom stereocenters. The largest absolute Gasteiger partial charge is 0.452 e. The Balaban J connectivity index is 2.31. The molecule has 2 aromatic rings. The van der Waals surface area contributed by atoms with Gasteiger partial charge in [-0.3, -0.25) is 4.79 Å². The molecule has 1 aromatic carbocycles. The molecule has 94 valence electrons.